The molecule has 41 heavy (non-hydrogen) atoms. The molecule has 0 aliphatic heterocycles. The molecule has 5 aromatic rings. The predicted octanol–water partition coefficient (Wildman–Crippen LogP) is 5.11. The van der Waals surface area contributed by atoms with Crippen molar-refractivity contribution in [1.82, 2.24) is 10.3 Å². The number of nitrogens with one attached hydrogen (secondary N) is 2. The van der Waals surface area contributed by atoms with Gasteiger partial charge in [-0.15, -0.1) is 0 Å². The molecule has 0 fully saturated rings. The van der Waals surface area contributed by atoms with Crippen molar-refractivity contribution >= 4 is 45.3 Å². The highest BCUT2D eigenvalue weighted by atomic mass is 35.5. The number of aliphatic carboxylic acids is 1. The van der Waals surface area contributed by atoms with Crippen molar-refractivity contribution in [2.45, 2.75) is 38.8 Å². The normalized spacial score (nSPS) is 12.8. The number of halogens is 1. The van der Waals surface area contributed by atoms with Crippen LogP contribution in [0.2, 0.25) is 5.02 Å². The van der Waals surface area contributed by atoms with Crippen LogP contribution in [0.4, 0.5) is 0 Å². The number of ether oxygens (including phenoxy) is 1. The monoisotopic (exact) mass is 574 g/mol. The fourth-order valence-electron chi connectivity index (χ4n) is 4.77. The van der Waals surface area contributed by atoms with E-state index >= 15 is 0 Å². The summed E-state index contributed by atoms with van der Waals surface area (Å²) in [6.07, 6.45) is 0.901. The van der Waals surface area contributed by atoms with Crippen LogP contribution in [-0.4, -0.2) is 39.2 Å². The first-order valence-electron chi connectivity index (χ1n) is 12.9. The zero-order valence-corrected chi connectivity index (χ0v) is 23.0. The van der Waals surface area contributed by atoms with Gasteiger partial charge in [0.05, 0.1) is 5.02 Å². The third kappa shape index (κ3) is 5.90. The number of amides is 1. The Kier molecular flexibility index (Phi) is 7.72. The first kappa shape index (κ1) is 27.8. The maximum absolute atomic E-state index is 12.9. The summed E-state index contributed by atoms with van der Waals surface area (Å²) in [7, 11) is 0. The highest BCUT2D eigenvalue weighted by Gasteiger charge is 2.26. The first-order chi connectivity index (χ1) is 19.6. The molecule has 1 amide bonds. The van der Waals surface area contributed by atoms with Crippen molar-refractivity contribution in [2.75, 3.05) is 0 Å². The number of aromatic nitrogens is 1. The third-order valence-electron chi connectivity index (χ3n) is 7.03. The van der Waals surface area contributed by atoms with E-state index in [9.17, 15) is 24.6 Å². The van der Waals surface area contributed by atoms with Gasteiger partial charge >= 0.3 is 11.6 Å². The lowest BCUT2D eigenvalue weighted by Gasteiger charge is -2.20. The molecule has 9 nitrogen and oxygen atoms in total. The second-order valence-corrected chi connectivity index (χ2v) is 10.2. The van der Waals surface area contributed by atoms with E-state index < -0.39 is 29.6 Å². The van der Waals surface area contributed by atoms with Gasteiger partial charge in [-0.25, -0.2) is 9.59 Å². The van der Waals surface area contributed by atoms with E-state index in [0.717, 1.165) is 16.6 Å². The summed E-state index contributed by atoms with van der Waals surface area (Å²) in [6.45, 7) is 3.29. The summed E-state index contributed by atoms with van der Waals surface area (Å²) in [5.74, 6) is -1.75. The van der Waals surface area contributed by atoms with E-state index in [1.165, 1.54) is 25.1 Å². The molecule has 5 rings (SSSR count). The number of aromatic hydroxyl groups is 1. The van der Waals surface area contributed by atoms with Crippen LogP contribution < -0.4 is 15.7 Å². The Labute approximate surface area is 239 Å². The molecule has 210 valence electrons. The minimum Gasteiger partial charge on any atom is -0.508 e. The zero-order valence-electron chi connectivity index (χ0n) is 22.2. The van der Waals surface area contributed by atoms with Gasteiger partial charge in [-0.2, -0.15) is 0 Å². The number of carboxylic acid groups (broad SMARTS) is 1. The molecule has 0 bridgehead atoms. The number of phenols is 1. The average Bonchev–Trinajstić information content (AvgIpc) is 3.33. The first-order valence-corrected chi connectivity index (χ1v) is 13.3. The quantitative estimate of drug-likeness (QED) is 0.179. The second-order valence-electron chi connectivity index (χ2n) is 9.84. The van der Waals surface area contributed by atoms with Gasteiger partial charge in [-0.05, 0) is 54.8 Å². The number of rotatable bonds is 9. The van der Waals surface area contributed by atoms with Gasteiger partial charge in [0.25, 0.3) is 5.91 Å². The summed E-state index contributed by atoms with van der Waals surface area (Å²) in [4.78, 5) is 40.8. The summed E-state index contributed by atoms with van der Waals surface area (Å²) < 4.78 is 11.4. The largest absolute Gasteiger partial charge is 0.508 e. The topological polar surface area (TPSA) is 142 Å². The Hall–Kier alpha value is -4.76. The number of hydrogen-bond donors (Lipinski definition) is 4. The summed E-state index contributed by atoms with van der Waals surface area (Å²) in [6, 6.07) is 16.1. The van der Waals surface area contributed by atoms with Crippen LogP contribution in [0.3, 0.4) is 0 Å². The van der Waals surface area contributed by atoms with Crippen LogP contribution in [0.1, 0.15) is 29.2 Å². The Morgan fingerprint density at radius 1 is 1.10 bits per heavy atom. The predicted molar refractivity (Wildman–Crippen MR) is 155 cm³/mol. The Morgan fingerprint density at radius 3 is 2.59 bits per heavy atom. The van der Waals surface area contributed by atoms with Crippen LogP contribution >= 0.6 is 11.6 Å². The molecular formula is C31H27ClN2O7. The van der Waals surface area contributed by atoms with E-state index in [1.54, 1.807) is 18.3 Å². The Balaban J connectivity index is 1.33. The van der Waals surface area contributed by atoms with Gasteiger partial charge in [0.15, 0.2) is 6.10 Å². The van der Waals surface area contributed by atoms with Gasteiger partial charge < -0.3 is 29.7 Å². The highest BCUT2D eigenvalue weighted by molar-refractivity contribution is 6.32. The lowest BCUT2D eigenvalue weighted by molar-refractivity contribution is -0.142. The van der Waals surface area contributed by atoms with Crippen LogP contribution in [0.15, 0.2) is 76.1 Å². The van der Waals surface area contributed by atoms with Crippen LogP contribution in [0.5, 0.6) is 11.5 Å². The van der Waals surface area contributed by atoms with Crippen molar-refractivity contribution in [1.29, 1.82) is 0 Å². The summed E-state index contributed by atoms with van der Waals surface area (Å²) >= 11 is 6.50. The van der Waals surface area contributed by atoms with E-state index in [-0.39, 0.29) is 28.5 Å². The van der Waals surface area contributed by atoms with Gasteiger partial charge in [-0.3, -0.25) is 4.79 Å². The van der Waals surface area contributed by atoms with Gasteiger partial charge in [0, 0.05) is 47.0 Å². The van der Waals surface area contributed by atoms with E-state index in [0.29, 0.717) is 28.3 Å². The van der Waals surface area contributed by atoms with E-state index in [4.69, 9.17) is 20.8 Å². The minimum atomic E-state index is -1.26. The van der Waals surface area contributed by atoms with Crippen LogP contribution in [-0.2, 0) is 22.4 Å². The van der Waals surface area contributed by atoms with Crippen molar-refractivity contribution in [3.8, 4) is 11.5 Å². The molecule has 2 aromatic heterocycles. The lowest BCUT2D eigenvalue weighted by Crippen LogP contribution is -2.47. The number of carboxylic acids is 1. The highest BCUT2D eigenvalue weighted by Crippen LogP contribution is 2.33. The number of H-pyrrole nitrogens is 1. The molecule has 4 N–H and O–H groups in total. The van der Waals surface area contributed by atoms with Crippen molar-refractivity contribution in [3.05, 3.63) is 105 Å². The molecule has 0 aliphatic rings. The molecule has 2 heterocycles. The van der Waals surface area contributed by atoms with Crippen molar-refractivity contribution in [3.63, 3.8) is 0 Å². The maximum Gasteiger partial charge on any atom is 0.340 e. The zero-order chi connectivity index (χ0) is 29.3. The molecule has 0 aliphatic carbocycles. The molecule has 2 atom stereocenters. The maximum atomic E-state index is 12.9. The lowest BCUT2D eigenvalue weighted by atomic mass is 9.99. The molecule has 0 unspecified atom stereocenters. The Bertz CT molecular complexity index is 1830. The number of phenolic OH excluding ortho intramolecular Hbond substituents is 1. The number of hydrogen-bond acceptors (Lipinski definition) is 6. The molecule has 0 radical (unpaired) electrons. The van der Waals surface area contributed by atoms with Crippen LogP contribution in [0.25, 0.3) is 21.9 Å². The SMILES string of the molecule is Cc1c(Cc2ccccc2)c(=O)oc2cc(O[C@H](C)C(=O)N[C@H](Cc3c[nH]c4ccc(O)cc34)C(=O)O)c(Cl)cc12. The Morgan fingerprint density at radius 2 is 1.85 bits per heavy atom. The van der Waals surface area contributed by atoms with E-state index in [1.807, 2.05) is 37.3 Å². The standard InChI is InChI=1S/C31H27ClN2O7/c1-16-21-13-24(32)28(14-27(21)41-31(39)22(16)10-18-6-4-3-5-7-18)40-17(2)29(36)34-26(30(37)38)11-19-15-33-25-9-8-20(35)12-23(19)25/h3-9,12-15,17,26,33,35H,10-11H2,1-2H3,(H,34,36)(H,37,38)/t17-,26-/m1/s1. The van der Waals surface area contributed by atoms with Gasteiger partial charge in [0.1, 0.15) is 23.1 Å². The molecular weight excluding hydrogens is 548 g/mol. The molecule has 0 saturated carbocycles. The number of carbonyl (C=O) groups excluding carboxylic acids is 1. The number of carbonyl (C=O) groups is 2. The molecule has 0 saturated heterocycles. The average molecular weight is 575 g/mol. The smallest absolute Gasteiger partial charge is 0.340 e. The third-order valence-corrected chi connectivity index (χ3v) is 7.32. The molecule has 3 aromatic carbocycles. The van der Waals surface area contributed by atoms with Gasteiger partial charge in [-0.1, -0.05) is 41.9 Å². The van der Waals surface area contributed by atoms with Crippen molar-refractivity contribution in [2.24, 2.45) is 0 Å². The fourth-order valence-corrected chi connectivity index (χ4v) is 4.98. The summed E-state index contributed by atoms with van der Waals surface area (Å²) in [5, 5.41) is 23.6. The number of aryl methyl sites for hydroxylation is 1. The minimum absolute atomic E-state index is 0.0241. The number of fused-ring (bicyclic) bond motifs is 2. The fraction of sp³-hybridized carbons (Fsp3) is 0.194. The second kappa shape index (κ2) is 11.4. The summed E-state index contributed by atoms with van der Waals surface area (Å²) in [5.41, 5.74) is 3.34. The van der Waals surface area contributed by atoms with Crippen LogP contribution in [0, 0.1) is 6.92 Å². The molecule has 10 heteroatoms. The number of aromatic amines is 1. The van der Waals surface area contributed by atoms with Gasteiger partial charge in [0.2, 0.25) is 0 Å². The molecule has 0 spiro atoms. The van der Waals surface area contributed by atoms with Crippen molar-refractivity contribution < 1.29 is 29.0 Å². The van der Waals surface area contributed by atoms with E-state index in [2.05, 4.69) is 10.3 Å². The number of benzene rings is 3.